The van der Waals surface area contributed by atoms with E-state index in [4.69, 9.17) is 4.84 Å². The number of fused-ring (bicyclic) bond motifs is 1. The van der Waals surface area contributed by atoms with Crippen LogP contribution >= 0.6 is 0 Å². The highest BCUT2D eigenvalue weighted by Gasteiger charge is 2.19. The molecular formula is C16H14FNO. The van der Waals surface area contributed by atoms with Crippen LogP contribution in [0, 0.1) is 5.82 Å². The van der Waals surface area contributed by atoms with Crippen molar-refractivity contribution in [2.75, 3.05) is 0 Å². The van der Waals surface area contributed by atoms with Crippen molar-refractivity contribution < 1.29 is 9.23 Å². The van der Waals surface area contributed by atoms with Gasteiger partial charge in [0, 0.05) is 11.1 Å². The van der Waals surface area contributed by atoms with Crippen LogP contribution in [0.15, 0.2) is 47.6 Å². The fourth-order valence-electron chi connectivity index (χ4n) is 2.31. The Bertz CT molecular complexity index is 646. The van der Waals surface area contributed by atoms with E-state index in [9.17, 15) is 4.39 Å². The summed E-state index contributed by atoms with van der Waals surface area (Å²) in [5.74, 6) is -0.221. The molecule has 0 spiro atoms. The standard InChI is InChI=1S/C16H14FNO/c1-10-15-8-5-13(9-16(15)11(2)19-18-10)12-3-6-14(17)7-4-12/h3-9,11H,1-2H3. The zero-order chi connectivity index (χ0) is 13.4. The molecule has 96 valence electrons. The molecule has 1 aliphatic heterocycles. The van der Waals surface area contributed by atoms with Crippen molar-refractivity contribution in [3.05, 3.63) is 59.4 Å². The zero-order valence-electron chi connectivity index (χ0n) is 10.9. The third-order valence-corrected chi connectivity index (χ3v) is 3.40. The number of rotatable bonds is 1. The molecule has 2 nitrogen and oxygen atoms in total. The van der Waals surface area contributed by atoms with Gasteiger partial charge < -0.3 is 4.84 Å². The monoisotopic (exact) mass is 255 g/mol. The lowest BCUT2D eigenvalue weighted by atomic mass is 9.94. The lowest BCUT2D eigenvalue weighted by molar-refractivity contribution is 0.0678. The van der Waals surface area contributed by atoms with Crippen LogP contribution in [0.3, 0.4) is 0 Å². The molecule has 0 aromatic heterocycles. The number of halogens is 1. The summed E-state index contributed by atoms with van der Waals surface area (Å²) in [6.07, 6.45) is -0.0564. The summed E-state index contributed by atoms with van der Waals surface area (Å²) in [4.78, 5) is 5.35. The van der Waals surface area contributed by atoms with Gasteiger partial charge in [-0.3, -0.25) is 0 Å². The van der Waals surface area contributed by atoms with E-state index in [1.807, 2.05) is 26.0 Å². The molecule has 1 heterocycles. The second kappa shape index (κ2) is 4.50. The molecule has 0 fully saturated rings. The van der Waals surface area contributed by atoms with E-state index in [-0.39, 0.29) is 11.9 Å². The summed E-state index contributed by atoms with van der Waals surface area (Å²) < 4.78 is 13.0. The van der Waals surface area contributed by atoms with Crippen molar-refractivity contribution in [3.8, 4) is 11.1 Å². The molecule has 2 aromatic rings. The number of hydrogen-bond donors (Lipinski definition) is 0. The molecule has 3 heteroatoms. The van der Waals surface area contributed by atoms with Crippen LogP contribution in [0.25, 0.3) is 11.1 Å². The van der Waals surface area contributed by atoms with Crippen LogP contribution in [0.4, 0.5) is 4.39 Å². The molecule has 0 amide bonds. The molecule has 0 aliphatic carbocycles. The molecule has 1 unspecified atom stereocenters. The normalized spacial score (nSPS) is 17.4. The van der Waals surface area contributed by atoms with Gasteiger partial charge in [0.15, 0.2) is 0 Å². The van der Waals surface area contributed by atoms with Crippen LogP contribution in [0.5, 0.6) is 0 Å². The van der Waals surface area contributed by atoms with Gasteiger partial charge in [-0.2, -0.15) is 0 Å². The van der Waals surface area contributed by atoms with E-state index in [1.54, 1.807) is 12.1 Å². The third-order valence-electron chi connectivity index (χ3n) is 3.40. The van der Waals surface area contributed by atoms with Crippen molar-refractivity contribution in [2.24, 2.45) is 5.16 Å². The number of oxime groups is 1. The predicted molar refractivity (Wildman–Crippen MR) is 73.5 cm³/mol. The van der Waals surface area contributed by atoms with E-state index < -0.39 is 0 Å². The Balaban J connectivity index is 2.08. The predicted octanol–water partition coefficient (Wildman–Crippen LogP) is 4.31. The van der Waals surface area contributed by atoms with Gasteiger partial charge in [0.1, 0.15) is 11.9 Å². The maximum Gasteiger partial charge on any atom is 0.150 e. The van der Waals surface area contributed by atoms with Crippen LogP contribution in [0.2, 0.25) is 0 Å². The third kappa shape index (κ3) is 2.12. The molecule has 0 saturated heterocycles. The maximum atomic E-state index is 13.0. The van der Waals surface area contributed by atoms with Crippen LogP contribution < -0.4 is 0 Å². The summed E-state index contributed by atoms with van der Waals surface area (Å²) in [6.45, 7) is 3.91. The molecular weight excluding hydrogens is 241 g/mol. The van der Waals surface area contributed by atoms with E-state index >= 15 is 0 Å². The van der Waals surface area contributed by atoms with E-state index in [0.717, 1.165) is 28.0 Å². The average molecular weight is 255 g/mol. The van der Waals surface area contributed by atoms with Crippen molar-refractivity contribution in [2.45, 2.75) is 20.0 Å². The minimum Gasteiger partial charge on any atom is -0.388 e. The Labute approximate surface area is 111 Å². The quantitative estimate of drug-likeness (QED) is 0.744. The van der Waals surface area contributed by atoms with E-state index in [1.165, 1.54) is 12.1 Å². The summed E-state index contributed by atoms with van der Waals surface area (Å²) in [7, 11) is 0. The topological polar surface area (TPSA) is 21.6 Å². The van der Waals surface area contributed by atoms with Crippen LogP contribution in [-0.4, -0.2) is 5.71 Å². The summed E-state index contributed by atoms with van der Waals surface area (Å²) in [6, 6.07) is 12.7. The highest BCUT2D eigenvalue weighted by Crippen LogP contribution is 2.31. The molecule has 1 atom stereocenters. The van der Waals surface area contributed by atoms with Gasteiger partial charge in [-0.15, -0.1) is 0 Å². The molecule has 0 N–H and O–H groups in total. The molecule has 1 aliphatic rings. The van der Waals surface area contributed by atoms with Crippen molar-refractivity contribution in [3.63, 3.8) is 0 Å². The lowest BCUT2D eigenvalue weighted by Gasteiger charge is -2.21. The van der Waals surface area contributed by atoms with Crippen molar-refractivity contribution in [1.29, 1.82) is 0 Å². The second-order valence-corrected chi connectivity index (χ2v) is 4.73. The first-order valence-electron chi connectivity index (χ1n) is 6.26. The minimum atomic E-state index is -0.221. The van der Waals surface area contributed by atoms with Crippen molar-refractivity contribution >= 4 is 5.71 Å². The second-order valence-electron chi connectivity index (χ2n) is 4.73. The minimum absolute atomic E-state index is 0.0564. The van der Waals surface area contributed by atoms with Gasteiger partial charge in [0.2, 0.25) is 0 Å². The zero-order valence-corrected chi connectivity index (χ0v) is 10.9. The summed E-state index contributed by atoms with van der Waals surface area (Å²) in [5, 5.41) is 4.03. The molecule has 19 heavy (non-hydrogen) atoms. The van der Waals surface area contributed by atoms with E-state index in [0.29, 0.717) is 0 Å². The van der Waals surface area contributed by atoms with Gasteiger partial charge in [0.05, 0.1) is 5.71 Å². The fraction of sp³-hybridized carbons (Fsp3) is 0.188. The summed E-state index contributed by atoms with van der Waals surface area (Å²) >= 11 is 0. The van der Waals surface area contributed by atoms with Gasteiger partial charge in [0.25, 0.3) is 0 Å². The highest BCUT2D eigenvalue weighted by atomic mass is 19.1. The number of nitrogens with zero attached hydrogens (tertiary/aromatic N) is 1. The van der Waals surface area contributed by atoms with E-state index in [2.05, 4.69) is 11.2 Å². The van der Waals surface area contributed by atoms with Crippen LogP contribution in [-0.2, 0) is 4.84 Å². The Morgan fingerprint density at radius 2 is 1.74 bits per heavy atom. The first-order chi connectivity index (χ1) is 9.15. The van der Waals surface area contributed by atoms with Gasteiger partial charge in [-0.1, -0.05) is 29.4 Å². The first-order valence-corrected chi connectivity index (χ1v) is 6.26. The largest absolute Gasteiger partial charge is 0.388 e. The highest BCUT2D eigenvalue weighted by molar-refractivity contribution is 6.00. The average Bonchev–Trinajstić information content (AvgIpc) is 2.43. The maximum absolute atomic E-state index is 13.0. The molecule has 3 rings (SSSR count). The smallest absolute Gasteiger partial charge is 0.150 e. The Hall–Kier alpha value is -2.16. The molecule has 2 aromatic carbocycles. The van der Waals surface area contributed by atoms with Gasteiger partial charge in [-0.05, 0) is 43.2 Å². The first kappa shape index (κ1) is 11.9. The summed E-state index contributed by atoms with van der Waals surface area (Å²) in [5.41, 5.74) is 5.18. The molecule has 0 saturated carbocycles. The fourth-order valence-corrected chi connectivity index (χ4v) is 2.31. The number of hydrogen-bond acceptors (Lipinski definition) is 2. The van der Waals surface area contributed by atoms with Crippen LogP contribution in [0.1, 0.15) is 31.1 Å². The Morgan fingerprint density at radius 3 is 2.47 bits per heavy atom. The Kier molecular flexibility index (Phi) is 2.82. The van der Waals surface area contributed by atoms with Gasteiger partial charge >= 0.3 is 0 Å². The Morgan fingerprint density at radius 1 is 1.05 bits per heavy atom. The number of benzene rings is 2. The molecule has 0 bridgehead atoms. The SMILES string of the molecule is CC1=NOC(C)c2cc(-c3ccc(F)cc3)ccc21. The lowest BCUT2D eigenvalue weighted by Crippen LogP contribution is -2.11. The van der Waals surface area contributed by atoms with Gasteiger partial charge in [-0.25, -0.2) is 4.39 Å². The van der Waals surface area contributed by atoms with Crippen molar-refractivity contribution in [1.82, 2.24) is 0 Å². The molecule has 0 radical (unpaired) electrons.